The summed E-state index contributed by atoms with van der Waals surface area (Å²) in [6.07, 6.45) is 0. The minimum absolute atomic E-state index is 0.187. The van der Waals surface area contributed by atoms with E-state index < -0.39 is 11.7 Å². The molecule has 0 saturated carbocycles. The first kappa shape index (κ1) is 14.8. The van der Waals surface area contributed by atoms with Gasteiger partial charge < -0.3 is 16.4 Å². The summed E-state index contributed by atoms with van der Waals surface area (Å²) in [6.45, 7) is 3.21. The molecule has 0 spiro atoms. The number of halogens is 1. The summed E-state index contributed by atoms with van der Waals surface area (Å²) in [5, 5.41) is 0. The molecule has 5 heteroatoms. The molecule has 0 radical (unpaired) electrons. The van der Waals surface area contributed by atoms with Gasteiger partial charge in [-0.05, 0) is 42.8 Å². The van der Waals surface area contributed by atoms with Gasteiger partial charge in [-0.25, -0.2) is 4.39 Å². The second-order valence-corrected chi connectivity index (χ2v) is 4.78. The van der Waals surface area contributed by atoms with Crippen LogP contribution in [-0.4, -0.2) is 12.5 Å². The Labute approximate surface area is 123 Å². The van der Waals surface area contributed by atoms with Crippen molar-refractivity contribution in [2.24, 2.45) is 5.73 Å². The molecule has 2 rings (SSSR count). The summed E-state index contributed by atoms with van der Waals surface area (Å²) in [6, 6.07) is 11.6. The molecular weight excluding hydrogens is 269 g/mol. The Bertz CT molecular complexity index is 640. The van der Waals surface area contributed by atoms with E-state index in [0.717, 1.165) is 5.56 Å². The molecule has 2 aromatic carbocycles. The second-order valence-electron chi connectivity index (χ2n) is 4.78. The van der Waals surface area contributed by atoms with E-state index in [0.29, 0.717) is 24.5 Å². The molecule has 0 heterocycles. The molecule has 0 saturated heterocycles. The van der Waals surface area contributed by atoms with E-state index in [2.05, 4.69) is 0 Å². The highest BCUT2D eigenvalue weighted by atomic mass is 19.1. The van der Waals surface area contributed by atoms with Gasteiger partial charge in [-0.15, -0.1) is 0 Å². The van der Waals surface area contributed by atoms with Crippen LogP contribution in [0.5, 0.6) is 0 Å². The Kier molecular flexibility index (Phi) is 4.42. The quantitative estimate of drug-likeness (QED) is 0.830. The number of anilines is 2. The summed E-state index contributed by atoms with van der Waals surface area (Å²) < 4.78 is 13.3. The molecule has 4 nitrogen and oxygen atoms in total. The van der Waals surface area contributed by atoms with Crippen molar-refractivity contribution in [3.63, 3.8) is 0 Å². The Balaban J connectivity index is 2.33. The molecular formula is C16H18FN3O. The Morgan fingerprint density at radius 2 is 1.86 bits per heavy atom. The molecule has 0 unspecified atom stereocenters. The van der Waals surface area contributed by atoms with E-state index in [1.165, 1.54) is 12.1 Å². The maximum Gasteiger partial charge on any atom is 0.250 e. The molecule has 1 amide bonds. The van der Waals surface area contributed by atoms with Crippen molar-refractivity contribution < 1.29 is 9.18 Å². The van der Waals surface area contributed by atoms with E-state index in [9.17, 15) is 9.18 Å². The van der Waals surface area contributed by atoms with Crippen LogP contribution in [0.2, 0.25) is 0 Å². The van der Waals surface area contributed by atoms with Gasteiger partial charge in [-0.1, -0.05) is 12.1 Å². The number of nitrogen functional groups attached to an aromatic ring is 1. The van der Waals surface area contributed by atoms with Gasteiger partial charge in [0, 0.05) is 24.5 Å². The maximum atomic E-state index is 13.3. The van der Waals surface area contributed by atoms with Crippen LogP contribution in [0, 0.1) is 5.82 Å². The molecule has 0 aliphatic rings. The zero-order valence-corrected chi connectivity index (χ0v) is 11.8. The highest BCUT2D eigenvalue weighted by Crippen LogP contribution is 2.23. The van der Waals surface area contributed by atoms with Crippen LogP contribution in [0.3, 0.4) is 0 Å². The van der Waals surface area contributed by atoms with E-state index in [1.54, 1.807) is 6.07 Å². The number of rotatable bonds is 5. The number of hydrogen-bond donors (Lipinski definition) is 2. The smallest absolute Gasteiger partial charge is 0.250 e. The number of nitrogens with two attached hydrogens (primary N) is 2. The number of primary amides is 1. The van der Waals surface area contributed by atoms with Crippen molar-refractivity contribution in [2.45, 2.75) is 13.5 Å². The number of nitrogens with zero attached hydrogens (tertiary/aromatic N) is 1. The van der Waals surface area contributed by atoms with E-state index in [1.807, 2.05) is 36.1 Å². The van der Waals surface area contributed by atoms with Gasteiger partial charge >= 0.3 is 0 Å². The monoisotopic (exact) mass is 287 g/mol. The van der Waals surface area contributed by atoms with E-state index in [-0.39, 0.29) is 5.56 Å². The molecule has 0 atom stereocenters. The molecule has 0 bridgehead atoms. The fourth-order valence-corrected chi connectivity index (χ4v) is 2.19. The third-order valence-corrected chi connectivity index (χ3v) is 3.30. The van der Waals surface area contributed by atoms with Crippen molar-refractivity contribution in [1.29, 1.82) is 0 Å². The molecule has 21 heavy (non-hydrogen) atoms. The highest BCUT2D eigenvalue weighted by Gasteiger charge is 2.15. The lowest BCUT2D eigenvalue weighted by Crippen LogP contribution is -2.26. The Morgan fingerprint density at radius 1 is 1.19 bits per heavy atom. The fourth-order valence-electron chi connectivity index (χ4n) is 2.19. The van der Waals surface area contributed by atoms with Crippen molar-refractivity contribution in [3.05, 3.63) is 59.4 Å². The number of benzene rings is 2. The van der Waals surface area contributed by atoms with Crippen LogP contribution in [0.1, 0.15) is 22.8 Å². The molecule has 0 fully saturated rings. The van der Waals surface area contributed by atoms with Crippen molar-refractivity contribution >= 4 is 17.3 Å². The van der Waals surface area contributed by atoms with Gasteiger partial charge in [0.05, 0.1) is 5.56 Å². The molecule has 0 aliphatic heterocycles. The summed E-state index contributed by atoms with van der Waals surface area (Å²) in [4.78, 5) is 13.5. The van der Waals surface area contributed by atoms with E-state index >= 15 is 0 Å². The third-order valence-electron chi connectivity index (χ3n) is 3.30. The van der Waals surface area contributed by atoms with E-state index in [4.69, 9.17) is 11.5 Å². The number of carbonyl (C=O) groups excluding carboxylic acids is 1. The van der Waals surface area contributed by atoms with Gasteiger partial charge in [-0.2, -0.15) is 0 Å². The maximum absolute atomic E-state index is 13.3. The second kappa shape index (κ2) is 6.26. The number of amides is 1. The highest BCUT2D eigenvalue weighted by molar-refractivity contribution is 5.98. The van der Waals surface area contributed by atoms with Gasteiger partial charge in [0.15, 0.2) is 0 Å². The van der Waals surface area contributed by atoms with Crippen LogP contribution in [0.25, 0.3) is 0 Å². The van der Waals surface area contributed by atoms with Crippen LogP contribution in [-0.2, 0) is 6.54 Å². The summed E-state index contributed by atoms with van der Waals surface area (Å²) in [5.41, 5.74) is 13.6. The van der Waals surface area contributed by atoms with Gasteiger partial charge in [0.2, 0.25) is 0 Å². The first-order chi connectivity index (χ1) is 10.0. The minimum Gasteiger partial charge on any atom is -0.399 e. The first-order valence-corrected chi connectivity index (χ1v) is 6.70. The lowest BCUT2D eigenvalue weighted by Gasteiger charge is -2.25. The predicted molar refractivity (Wildman–Crippen MR) is 82.5 cm³/mol. The SMILES string of the molecule is CCN(Cc1ccc(N)cc1)c1ccc(F)cc1C(N)=O. The zero-order chi connectivity index (χ0) is 15.4. The van der Waals surface area contributed by atoms with Gasteiger partial charge in [-0.3, -0.25) is 4.79 Å². The zero-order valence-electron chi connectivity index (χ0n) is 11.8. The number of carbonyl (C=O) groups is 1. The number of hydrogen-bond acceptors (Lipinski definition) is 3. The average Bonchev–Trinajstić information content (AvgIpc) is 2.47. The fraction of sp³-hybridized carbons (Fsp3) is 0.188. The standard InChI is InChI=1S/C16H18FN3O/c1-2-20(10-11-3-6-13(18)7-4-11)15-8-5-12(17)9-14(15)16(19)21/h3-9H,2,10,18H2,1H3,(H2,19,21). The molecule has 110 valence electrons. The Hall–Kier alpha value is -2.56. The molecule has 0 aliphatic carbocycles. The summed E-state index contributed by atoms with van der Waals surface area (Å²) in [5.74, 6) is -1.11. The lowest BCUT2D eigenvalue weighted by molar-refractivity contribution is 0.100. The van der Waals surface area contributed by atoms with Crippen molar-refractivity contribution in [3.8, 4) is 0 Å². The van der Waals surface area contributed by atoms with Gasteiger partial charge in [0.1, 0.15) is 5.82 Å². The van der Waals surface area contributed by atoms with Crippen molar-refractivity contribution in [1.82, 2.24) is 0 Å². The minimum atomic E-state index is -0.639. The molecule has 0 aromatic heterocycles. The van der Waals surface area contributed by atoms with Crippen LogP contribution >= 0.6 is 0 Å². The van der Waals surface area contributed by atoms with Crippen LogP contribution in [0.4, 0.5) is 15.8 Å². The normalized spacial score (nSPS) is 10.4. The average molecular weight is 287 g/mol. The topological polar surface area (TPSA) is 72.3 Å². The third kappa shape index (κ3) is 3.51. The lowest BCUT2D eigenvalue weighted by atomic mass is 10.1. The molecule has 4 N–H and O–H groups in total. The first-order valence-electron chi connectivity index (χ1n) is 6.70. The van der Waals surface area contributed by atoms with Crippen LogP contribution < -0.4 is 16.4 Å². The Morgan fingerprint density at radius 3 is 2.43 bits per heavy atom. The predicted octanol–water partition coefficient (Wildman–Crippen LogP) is 2.53. The van der Waals surface area contributed by atoms with Gasteiger partial charge in [0.25, 0.3) is 5.91 Å². The van der Waals surface area contributed by atoms with Crippen LogP contribution in [0.15, 0.2) is 42.5 Å². The molecule has 2 aromatic rings. The summed E-state index contributed by atoms with van der Waals surface area (Å²) >= 11 is 0. The summed E-state index contributed by atoms with van der Waals surface area (Å²) in [7, 11) is 0. The van der Waals surface area contributed by atoms with Crippen molar-refractivity contribution in [2.75, 3.05) is 17.2 Å². The largest absolute Gasteiger partial charge is 0.399 e.